The molecule has 6 nitrogen and oxygen atoms in total. The lowest BCUT2D eigenvalue weighted by Gasteiger charge is -2.33. The zero-order valence-electron chi connectivity index (χ0n) is 11.3. The number of hydrogen-bond donors (Lipinski definition) is 1. The molecule has 3 atom stereocenters. The van der Waals surface area contributed by atoms with Crippen LogP contribution in [0.1, 0.15) is 25.0 Å². The molecule has 0 saturated heterocycles. The highest BCUT2D eigenvalue weighted by atomic mass is 16.5. The van der Waals surface area contributed by atoms with E-state index < -0.39 is 6.10 Å². The molecule has 0 bridgehead atoms. The van der Waals surface area contributed by atoms with E-state index in [1.807, 2.05) is 0 Å². The van der Waals surface area contributed by atoms with Gasteiger partial charge in [0.25, 0.3) is 0 Å². The Hall–Kier alpha value is -1.40. The van der Waals surface area contributed by atoms with Crippen LogP contribution in [0.2, 0.25) is 0 Å². The Morgan fingerprint density at radius 2 is 2.42 bits per heavy atom. The van der Waals surface area contributed by atoms with Crippen LogP contribution < -0.4 is 0 Å². The summed E-state index contributed by atoms with van der Waals surface area (Å²) in [5.41, 5.74) is 0.731. The van der Waals surface area contributed by atoms with Crippen LogP contribution in [0.5, 0.6) is 0 Å². The van der Waals surface area contributed by atoms with E-state index in [1.54, 1.807) is 25.1 Å². The summed E-state index contributed by atoms with van der Waals surface area (Å²) in [5.74, 6) is -0.0257. The lowest BCUT2D eigenvalue weighted by Crippen LogP contribution is -2.42. The Kier molecular flexibility index (Phi) is 4.55. The van der Waals surface area contributed by atoms with Crippen LogP contribution >= 0.6 is 0 Å². The summed E-state index contributed by atoms with van der Waals surface area (Å²) < 4.78 is 9.97. The summed E-state index contributed by atoms with van der Waals surface area (Å²) in [5, 5.41) is 13.5. The molecule has 19 heavy (non-hydrogen) atoms. The Balaban J connectivity index is 1.92. The van der Waals surface area contributed by atoms with Crippen molar-refractivity contribution in [3.63, 3.8) is 0 Å². The third-order valence-electron chi connectivity index (χ3n) is 3.68. The zero-order chi connectivity index (χ0) is 13.8. The molecule has 0 unspecified atom stereocenters. The first-order chi connectivity index (χ1) is 9.11. The Labute approximate surface area is 112 Å². The fourth-order valence-corrected chi connectivity index (χ4v) is 2.54. The minimum Gasteiger partial charge on any atom is -0.390 e. The highest BCUT2D eigenvalue weighted by Crippen LogP contribution is 2.28. The molecule has 1 saturated carbocycles. The number of carbonyl (C=O) groups is 1. The second kappa shape index (κ2) is 6.16. The minimum atomic E-state index is -0.463. The van der Waals surface area contributed by atoms with Gasteiger partial charge in [-0.25, -0.2) is 0 Å². The largest absolute Gasteiger partial charge is 0.390 e. The summed E-state index contributed by atoms with van der Waals surface area (Å²) >= 11 is 0. The number of nitrogens with zero attached hydrogens (tertiary/aromatic N) is 2. The minimum absolute atomic E-state index is 0.0666. The van der Waals surface area contributed by atoms with Crippen molar-refractivity contribution in [1.29, 1.82) is 0 Å². The number of aliphatic hydroxyl groups is 1. The van der Waals surface area contributed by atoms with Crippen molar-refractivity contribution in [3.8, 4) is 0 Å². The van der Waals surface area contributed by atoms with Gasteiger partial charge < -0.3 is 19.3 Å². The second-order valence-corrected chi connectivity index (χ2v) is 5.04. The molecule has 0 aromatic carbocycles. The van der Waals surface area contributed by atoms with E-state index in [0.29, 0.717) is 25.8 Å². The van der Waals surface area contributed by atoms with E-state index in [0.717, 1.165) is 5.69 Å². The van der Waals surface area contributed by atoms with E-state index in [2.05, 4.69) is 5.16 Å². The number of hydrogen-bond acceptors (Lipinski definition) is 5. The molecular weight excluding hydrogens is 248 g/mol. The zero-order valence-corrected chi connectivity index (χ0v) is 11.3. The van der Waals surface area contributed by atoms with Crippen LogP contribution in [-0.2, 0) is 16.1 Å². The summed E-state index contributed by atoms with van der Waals surface area (Å²) in [7, 11) is 3.32. The summed E-state index contributed by atoms with van der Waals surface area (Å²) in [6, 6.07) is 1.74. The third kappa shape index (κ3) is 3.33. The van der Waals surface area contributed by atoms with E-state index in [4.69, 9.17) is 9.26 Å². The number of aliphatic hydroxyl groups excluding tert-OH is 1. The molecule has 1 amide bonds. The Morgan fingerprint density at radius 1 is 1.63 bits per heavy atom. The molecule has 0 aliphatic heterocycles. The van der Waals surface area contributed by atoms with Crippen LogP contribution in [0.15, 0.2) is 16.9 Å². The second-order valence-electron chi connectivity index (χ2n) is 5.04. The predicted molar refractivity (Wildman–Crippen MR) is 67.1 cm³/mol. The number of rotatable bonds is 4. The van der Waals surface area contributed by atoms with Crippen molar-refractivity contribution in [1.82, 2.24) is 10.1 Å². The van der Waals surface area contributed by atoms with Crippen molar-refractivity contribution in [2.45, 2.75) is 38.0 Å². The highest BCUT2D eigenvalue weighted by molar-refractivity contribution is 5.78. The van der Waals surface area contributed by atoms with E-state index in [9.17, 15) is 9.90 Å². The maximum absolute atomic E-state index is 12.3. The first kappa shape index (κ1) is 14.0. The van der Waals surface area contributed by atoms with E-state index in [-0.39, 0.29) is 17.9 Å². The summed E-state index contributed by atoms with van der Waals surface area (Å²) in [4.78, 5) is 14.0. The molecule has 0 spiro atoms. The van der Waals surface area contributed by atoms with Crippen LogP contribution in [0.4, 0.5) is 0 Å². The molecule has 2 rings (SSSR count). The van der Waals surface area contributed by atoms with Gasteiger partial charge in [-0.05, 0) is 19.3 Å². The number of methoxy groups -OCH3 is 1. The predicted octanol–water partition coefficient (Wildman–Crippen LogP) is 0.809. The Morgan fingerprint density at radius 3 is 3.05 bits per heavy atom. The van der Waals surface area contributed by atoms with Crippen molar-refractivity contribution in [2.24, 2.45) is 5.92 Å². The molecule has 0 radical (unpaired) electrons. The average Bonchev–Trinajstić information content (AvgIpc) is 2.91. The van der Waals surface area contributed by atoms with E-state index in [1.165, 1.54) is 6.26 Å². The maximum atomic E-state index is 12.3. The molecule has 1 N–H and O–H groups in total. The van der Waals surface area contributed by atoms with Crippen molar-refractivity contribution in [3.05, 3.63) is 18.0 Å². The summed E-state index contributed by atoms with van der Waals surface area (Å²) in [6.07, 6.45) is 2.65. The van der Waals surface area contributed by atoms with E-state index >= 15 is 0 Å². The van der Waals surface area contributed by atoms with Crippen LogP contribution in [0.25, 0.3) is 0 Å². The lowest BCUT2D eigenvalue weighted by atomic mass is 9.84. The lowest BCUT2D eigenvalue weighted by molar-refractivity contribution is -0.140. The molecular formula is C13H20N2O4. The van der Waals surface area contributed by atoms with Gasteiger partial charge >= 0.3 is 0 Å². The van der Waals surface area contributed by atoms with Gasteiger partial charge in [0.15, 0.2) is 0 Å². The van der Waals surface area contributed by atoms with Crippen molar-refractivity contribution >= 4 is 5.91 Å². The standard InChI is InChI=1S/C13H20N2O4/c1-15(8-10-5-6-19-14-10)13(17)9-3-4-11(16)12(7-9)18-2/h5-6,9,11-12,16H,3-4,7-8H2,1-2H3/t9-,11+,12-/m1/s1. The normalized spacial score (nSPS) is 27.2. The quantitative estimate of drug-likeness (QED) is 0.874. The fourth-order valence-electron chi connectivity index (χ4n) is 2.54. The average molecular weight is 268 g/mol. The molecule has 1 aliphatic carbocycles. The van der Waals surface area contributed by atoms with Gasteiger partial charge in [0.1, 0.15) is 12.0 Å². The Bertz CT molecular complexity index is 407. The van der Waals surface area contributed by atoms with Crippen molar-refractivity contribution in [2.75, 3.05) is 14.2 Å². The molecule has 1 heterocycles. The third-order valence-corrected chi connectivity index (χ3v) is 3.68. The molecule has 6 heteroatoms. The molecule has 1 fully saturated rings. The fraction of sp³-hybridized carbons (Fsp3) is 0.692. The van der Waals surface area contributed by atoms with Gasteiger partial charge in [0.05, 0.1) is 18.8 Å². The highest BCUT2D eigenvalue weighted by Gasteiger charge is 2.34. The number of amides is 1. The number of ether oxygens (including phenoxy) is 1. The van der Waals surface area contributed by atoms with Crippen LogP contribution in [0.3, 0.4) is 0 Å². The summed E-state index contributed by atoms with van der Waals surface area (Å²) in [6.45, 7) is 0.437. The number of aromatic nitrogens is 1. The molecule has 1 aromatic rings. The molecule has 1 aromatic heterocycles. The monoisotopic (exact) mass is 268 g/mol. The smallest absolute Gasteiger partial charge is 0.225 e. The van der Waals surface area contributed by atoms with Crippen molar-refractivity contribution < 1.29 is 19.2 Å². The SMILES string of the molecule is CO[C@@H]1C[C@H](C(=O)N(C)Cc2ccon2)CC[C@@H]1O. The van der Waals surface area contributed by atoms with Gasteiger partial charge in [-0.2, -0.15) is 0 Å². The molecule has 106 valence electrons. The maximum Gasteiger partial charge on any atom is 0.225 e. The van der Waals surface area contributed by atoms with Gasteiger partial charge in [-0.1, -0.05) is 5.16 Å². The first-order valence-electron chi connectivity index (χ1n) is 6.47. The van der Waals surface area contributed by atoms with Gasteiger partial charge in [0.2, 0.25) is 5.91 Å². The van der Waals surface area contributed by atoms with Crippen LogP contribution in [-0.4, -0.2) is 47.4 Å². The number of carbonyl (C=O) groups excluding carboxylic acids is 1. The van der Waals surface area contributed by atoms with Gasteiger partial charge in [-0.3, -0.25) is 4.79 Å². The van der Waals surface area contributed by atoms with Gasteiger partial charge in [-0.15, -0.1) is 0 Å². The van der Waals surface area contributed by atoms with Crippen LogP contribution in [0, 0.1) is 5.92 Å². The van der Waals surface area contributed by atoms with Gasteiger partial charge in [0, 0.05) is 26.1 Å². The molecule has 1 aliphatic rings. The first-order valence-corrected chi connectivity index (χ1v) is 6.47. The topological polar surface area (TPSA) is 75.8 Å².